The van der Waals surface area contributed by atoms with E-state index in [-0.39, 0.29) is 20.0 Å². The average molecular weight is 160 g/mol. The van der Waals surface area contributed by atoms with Crippen molar-refractivity contribution >= 4 is 5.91 Å². The summed E-state index contributed by atoms with van der Waals surface area (Å²) in [6.45, 7) is 0.417. The van der Waals surface area contributed by atoms with Crippen molar-refractivity contribution in [2.75, 3.05) is 20.6 Å². The van der Waals surface area contributed by atoms with Crippen LogP contribution in [-0.4, -0.2) is 48.7 Å². The molecule has 0 aromatic rings. The Hall–Kier alpha value is -0.610. The van der Waals surface area contributed by atoms with E-state index < -0.39 is 12.1 Å². The van der Waals surface area contributed by atoms with E-state index in [1.54, 1.807) is 0 Å². The van der Waals surface area contributed by atoms with Gasteiger partial charge in [0, 0.05) is 23.3 Å². The molecule has 4 heteroatoms. The fourth-order valence-electron chi connectivity index (χ4n) is 1.13. The number of aliphatic hydroxyl groups excluding tert-OH is 1. The van der Waals surface area contributed by atoms with E-state index in [0.29, 0.717) is 13.0 Å². The summed E-state index contributed by atoms with van der Waals surface area (Å²) in [4.78, 5) is 12.6. The molecule has 0 radical (unpaired) electrons. The number of carbonyl (C=O) groups excluding carboxylic acids is 1. The molecule has 1 saturated heterocycles. The molecule has 1 aliphatic rings. The van der Waals surface area contributed by atoms with Crippen molar-refractivity contribution in [3.05, 3.63) is 0 Å². The number of likely N-dealkylation sites (N-methyl/N-ethyl adjacent to an activating group) is 1. The van der Waals surface area contributed by atoms with Gasteiger partial charge in [0.1, 0.15) is 0 Å². The highest BCUT2D eigenvalue weighted by molar-refractivity contribution is 5.81. The van der Waals surface area contributed by atoms with Gasteiger partial charge in [0.15, 0.2) is 0 Å². The Labute approximate surface area is 69.0 Å². The first-order valence-corrected chi connectivity index (χ1v) is 3.47. The molecule has 1 aliphatic heterocycles. The summed E-state index contributed by atoms with van der Waals surface area (Å²) in [5.41, 5.74) is 0. The molecule has 2 atom stereocenters. The van der Waals surface area contributed by atoms with E-state index in [2.05, 4.69) is 5.32 Å². The van der Waals surface area contributed by atoms with Gasteiger partial charge >= 0.3 is 0 Å². The Balaban J connectivity index is 2.47. The molecule has 0 aromatic heterocycles. The molecule has 1 fully saturated rings. The SMILES string of the molecule is [2H]CN(C[2H])C(=O)[C@@H]1C[C@@H](O)CN1. The molecule has 4 nitrogen and oxygen atoms in total. The molecular weight excluding hydrogens is 144 g/mol. The second-order valence-electron chi connectivity index (χ2n) is 2.73. The lowest BCUT2D eigenvalue weighted by Gasteiger charge is -2.15. The van der Waals surface area contributed by atoms with E-state index in [1.807, 2.05) is 0 Å². The number of hydrogen-bond donors (Lipinski definition) is 2. The summed E-state index contributed by atoms with van der Waals surface area (Å²) in [6.07, 6.45) is -0.0951. The molecule has 0 unspecified atom stereocenters. The Bertz CT molecular complexity index is 187. The van der Waals surface area contributed by atoms with Crippen LogP contribution in [0.15, 0.2) is 0 Å². The number of carbonyl (C=O) groups is 1. The fraction of sp³-hybridized carbons (Fsp3) is 0.857. The maximum atomic E-state index is 11.5. The van der Waals surface area contributed by atoms with Crippen molar-refractivity contribution in [1.82, 2.24) is 10.2 Å². The molecule has 2 N–H and O–H groups in total. The second kappa shape index (κ2) is 3.19. The first kappa shape index (κ1) is 5.97. The lowest BCUT2D eigenvalue weighted by atomic mass is 10.2. The Morgan fingerprint density at radius 1 is 1.82 bits per heavy atom. The number of aliphatic hydroxyl groups is 1. The summed E-state index contributed by atoms with van der Waals surface area (Å²) < 4.78 is 14.0. The molecule has 0 aliphatic carbocycles. The molecule has 1 amide bonds. The average Bonchev–Trinajstić information content (AvgIpc) is 2.54. The number of rotatable bonds is 1. The maximum Gasteiger partial charge on any atom is 0.239 e. The summed E-state index contributed by atoms with van der Waals surface area (Å²) in [6, 6.07) is -0.411. The number of amides is 1. The zero-order valence-electron chi connectivity index (χ0n) is 8.29. The lowest BCUT2D eigenvalue weighted by molar-refractivity contribution is -0.130. The maximum absolute atomic E-state index is 11.5. The first-order chi connectivity index (χ1) is 6.19. The second-order valence-corrected chi connectivity index (χ2v) is 2.73. The van der Waals surface area contributed by atoms with Crippen LogP contribution in [0.1, 0.15) is 9.16 Å². The van der Waals surface area contributed by atoms with Crippen LogP contribution < -0.4 is 5.32 Å². The van der Waals surface area contributed by atoms with E-state index in [0.717, 1.165) is 4.90 Å². The predicted octanol–water partition coefficient (Wildman–Crippen LogP) is -1.20. The number of hydrogen-bond acceptors (Lipinski definition) is 3. The van der Waals surface area contributed by atoms with E-state index in [9.17, 15) is 4.79 Å². The Morgan fingerprint density at radius 3 is 3.00 bits per heavy atom. The predicted molar refractivity (Wildman–Crippen MR) is 41.1 cm³/mol. The molecular formula is C7H14N2O2. The van der Waals surface area contributed by atoms with Gasteiger partial charge in [0.05, 0.1) is 12.1 Å². The Morgan fingerprint density at radius 2 is 2.55 bits per heavy atom. The summed E-state index contributed by atoms with van der Waals surface area (Å²) in [5.74, 6) is -0.262. The molecule has 0 saturated carbocycles. The number of nitrogens with zero attached hydrogens (tertiary/aromatic N) is 1. The van der Waals surface area contributed by atoms with Crippen molar-refractivity contribution in [2.24, 2.45) is 0 Å². The van der Waals surface area contributed by atoms with Gasteiger partial charge in [-0.05, 0) is 6.42 Å². The van der Waals surface area contributed by atoms with Crippen LogP contribution in [0.3, 0.4) is 0 Å². The topological polar surface area (TPSA) is 52.6 Å². The van der Waals surface area contributed by atoms with E-state index in [1.165, 1.54) is 0 Å². The van der Waals surface area contributed by atoms with Gasteiger partial charge in [0.25, 0.3) is 0 Å². The van der Waals surface area contributed by atoms with Crippen molar-refractivity contribution in [3.63, 3.8) is 0 Å². The fourth-order valence-corrected chi connectivity index (χ4v) is 1.13. The van der Waals surface area contributed by atoms with Gasteiger partial charge in [0.2, 0.25) is 5.91 Å². The molecule has 11 heavy (non-hydrogen) atoms. The molecule has 64 valence electrons. The molecule has 0 aromatic carbocycles. The van der Waals surface area contributed by atoms with Crippen molar-refractivity contribution in [1.29, 1.82) is 0 Å². The number of nitrogens with one attached hydrogen (secondary N) is 1. The summed E-state index contributed by atoms with van der Waals surface area (Å²) in [7, 11) is -0.396. The van der Waals surface area contributed by atoms with Crippen molar-refractivity contribution in [3.8, 4) is 0 Å². The van der Waals surface area contributed by atoms with Crippen molar-refractivity contribution < 1.29 is 12.6 Å². The highest BCUT2D eigenvalue weighted by Gasteiger charge is 2.28. The van der Waals surface area contributed by atoms with Gasteiger partial charge < -0.3 is 15.3 Å². The normalized spacial score (nSPS) is 32.8. The summed E-state index contributed by atoms with van der Waals surface area (Å²) in [5, 5.41) is 12.0. The minimum Gasteiger partial charge on any atom is -0.392 e. The van der Waals surface area contributed by atoms with Gasteiger partial charge in [-0.2, -0.15) is 0 Å². The van der Waals surface area contributed by atoms with E-state index >= 15 is 0 Å². The van der Waals surface area contributed by atoms with Gasteiger partial charge in [-0.25, -0.2) is 0 Å². The van der Waals surface area contributed by atoms with Crippen LogP contribution in [0, 0.1) is 0 Å². The van der Waals surface area contributed by atoms with Gasteiger partial charge in [-0.1, -0.05) is 0 Å². The minimum absolute atomic E-state index is 0.198. The monoisotopic (exact) mass is 160 g/mol. The largest absolute Gasteiger partial charge is 0.392 e. The standard InChI is InChI=1S/C7H14N2O2/c1-9(2)7(11)6-3-5(10)4-8-6/h5-6,8,10H,3-4H2,1-2H3/t5-,6+/m1/s1/i1D,2D. The molecule has 0 bridgehead atoms. The first-order valence-electron chi connectivity index (χ1n) is 4.89. The molecule has 0 spiro atoms. The van der Waals surface area contributed by atoms with Gasteiger partial charge in [-0.3, -0.25) is 4.79 Å². The van der Waals surface area contributed by atoms with Crippen LogP contribution >= 0.6 is 0 Å². The van der Waals surface area contributed by atoms with Gasteiger partial charge in [-0.15, -0.1) is 0 Å². The highest BCUT2D eigenvalue weighted by Crippen LogP contribution is 2.07. The zero-order valence-corrected chi connectivity index (χ0v) is 6.29. The van der Waals surface area contributed by atoms with Crippen molar-refractivity contribution in [2.45, 2.75) is 18.6 Å². The third-order valence-electron chi connectivity index (χ3n) is 1.72. The molecule has 1 heterocycles. The highest BCUT2D eigenvalue weighted by atomic mass is 16.3. The number of β-amino-alcohol motifs (C(OH)–C–C–N with tert-alkyl or cyclic N) is 1. The van der Waals surface area contributed by atoms with Crippen LogP contribution in [0.4, 0.5) is 0 Å². The smallest absolute Gasteiger partial charge is 0.239 e. The lowest BCUT2D eigenvalue weighted by Crippen LogP contribution is -2.39. The van der Waals surface area contributed by atoms with Crippen LogP contribution in [0.25, 0.3) is 0 Å². The minimum atomic E-state index is -0.479. The van der Waals surface area contributed by atoms with Crippen LogP contribution in [0.5, 0.6) is 0 Å². The third kappa shape index (κ3) is 1.91. The zero-order chi connectivity index (χ0) is 9.84. The van der Waals surface area contributed by atoms with Crippen LogP contribution in [0.2, 0.25) is 0 Å². The summed E-state index contributed by atoms with van der Waals surface area (Å²) >= 11 is 0. The van der Waals surface area contributed by atoms with E-state index in [4.69, 9.17) is 7.85 Å². The molecule has 1 rings (SSSR count). The quantitative estimate of drug-likeness (QED) is 0.506. The van der Waals surface area contributed by atoms with Crippen LogP contribution in [-0.2, 0) is 4.79 Å². The Kier molecular flexibility index (Phi) is 1.73. The third-order valence-corrected chi connectivity index (χ3v) is 1.72.